The van der Waals surface area contributed by atoms with Gasteiger partial charge in [-0.2, -0.15) is 5.10 Å². The van der Waals surface area contributed by atoms with Crippen LogP contribution in [0.3, 0.4) is 0 Å². The number of rotatable bonds is 5. The first-order valence-corrected chi connectivity index (χ1v) is 8.60. The van der Waals surface area contributed by atoms with Gasteiger partial charge in [0.15, 0.2) is 0 Å². The summed E-state index contributed by atoms with van der Waals surface area (Å²) in [5.74, 6) is -1.08. The lowest BCUT2D eigenvalue weighted by atomic mass is 10.2. The number of aromatic nitrogens is 1. The fourth-order valence-corrected chi connectivity index (χ4v) is 2.67. The van der Waals surface area contributed by atoms with Gasteiger partial charge in [0.05, 0.1) is 6.21 Å². The third-order valence-corrected chi connectivity index (χ3v) is 4.20. The van der Waals surface area contributed by atoms with E-state index in [1.54, 1.807) is 28.9 Å². The Labute approximate surface area is 161 Å². The van der Waals surface area contributed by atoms with Crippen molar-refractivity contribution in [3.8, 4) is 0 Å². The van der Waals surface area contributed by atoms with E-state index in [0.29, 0.717) is 11.1 Å². The number of carbonyl (C=O) groups is 2. The lowest BCUT2D eigenvalue weighted by molar-refractivity contribution is 0.0954. The molecule has 3 aromatic rings. The first kappa shape index (κ1) is 19.0. The van der Waals surface area contributed by atoms with Crippen LogP contribution in [0.5, 0.6) is 0 Å². The van der Waals surface area contributed by atoms with Gasteiger partial charge in [-0.25, -0.2) is 9.82 Å². The number of carbonyl (C=O) groups excluding carboxylic acids is 2. The molecule has 2 N–H and O–H groups in total. The van der Waals surface area contributed by atoms with Crippen molar-refractivity contribution in [2.45, 2.75) is 13.8 Å². The van der Waals surface area contributed by atoms with Crippen LogP contribution in [0.25, 0.3) is 0 Å². The molecule has 2 amide bonds. The van der Waals surface area contributed by atoms with E-state index in [4.69, 9.17) is 0 Å². The molecule has 0 bridgehead atoms. The van der Waals surface area contributed by atoms with Gasteiger partial charge in [-0.05, 0) is 56.3 Å². The molecule has 1 heterocycles. The maximum atomic E-state index is 12.9. The van der Waals surface area contributed by atoms with Crippen molar-refractivity contribution in [3.05, 3.63) is 94.6 Å². The fraction of sp³-hybridized carbons (Fsp3) is 0.0952. The van der Waals surface area contributed by atoms with Gasteiger partial charge in [-0.3, -0.25) is 19.7 Å². The number of amides is 2. The summed E-state index contributed by atoms with van der Waals surface area (Å²) in [5, 5.41) is 3.95. The SMILES string of the molecule is Cc1cc(/C=N\NC(=O)c2ccc(F)cc2)c(C)n1NC(=O)c1ccccc1. The van der Waals surface area contributed by atoms with Gasteiger partial charge in [0.1, 0.15) is 5.82 Å². The van der Waals surface area contributed by atoms with Gasteiger partial charge in [-0.15, -0.1) is 0 Å². The summed E-state index contributed by atoms with van der Waals surface area (Å²) in [6.07, 6.45) is 1.49. The molecule has 6 nitrogen and oxygen atoms in total. The average Bonchev–Trinajstić information content (AvgIpc) is 2.96. The van der Waals surface area contributed by atoms with Crippen molar-refractivity contribution in [1.82, 2.24) is 10.1 Å². The Kier molecular flexibility index (Phi) is 5.64. The minimum absolute atomic E-state index is 0.226. The van der Waals surface area contributed by atoms with E-state index in [1.165, 1.54) is 30.5 Å². The summed E-state index contributed by atoms with van der Waals surface area (Å²) < 4.78 is 14.6. The number of nitrogens with zero attached hydrogens (tertiary/aromatic N) is 2. The number of halogens is 1. The zero-order valence-electron chi connectivity index (χ0n) is 15.4. The van der Waals surface area contributed by atoms with Gasteiger partial charge in [-0.1, -0.05) is 18.2 Å². The second-order valence-electron chi connectivity index (χ2n) is 6.17. The maximum absolute atomic E-state index is 12.9. The standard InChI is InChI=1S/C21H19FN4O2/c1-14-12-18(13-23-24-20(27)17-8-10-19(22)11-9-17)15(2)26(14)25-21(28)16-6-4-3-5-7-16/h3-13H,1-2H3,(H,24,27)(H,25,28)/b23-13-. The normalized spacial score (nSPS) is 10.8. The Morgan fingerprint density at radius 1 is 0.964 bits per heavy atom. The summed E-state index contributed by atoms with van der Waals surface area (Å²) >= 11 is 0. The van der Waals surface area contributed by atoms with E-state index < -0.39 is 11.7 Å². The van der Waals surface area contributed by atoms with Crippen LogP contribution in [-0.2, 0) is 0 Å². The Balaban J connectivity index is 1.69. The number of hydrogen-bond acceptors (Lipinski definition) is 3. The van der Waals surface area contributed by atoms with Gasteiger partial charge in [0.25, 0.3) is 11.8 Å². The number of benzene rings is 2. The van der Waals surface area contributed by atoms with E-state index in [0.717, 1.165) is 17.0 Å². The van der Waals surface area contributed by atoms with E-state index in [2.05, 4.69) is 16.0 Å². The molecule has 1 aromatic heterocycles. The highest BCUT2D eigenvalue weighted by Crippen LogP contribution is 2.12. The molecule has 7 heteroatoms. The number of aryl methyl sites for hydroxylation is 1. The highest BCUT2D eigenvalue weighted by Gasteiger charge is 2.12. The largest absolute Gasteiger partial charge is 0.271 e. The minimum atomic E-state index is -0.442. The van der Waals surface area contributed by atoms with Crippen molar-refractivity contribution in [1.29, 1.82) is 0 Å². The number of hydrazone groups is 1. The van der Waals surface area contributed by atoms with Crippen molar-refractivity contribution < 1.29 is 14.0 Å². The molecule has 28 heavy (non-hydrogen) atoms. The van der Waals surface area contributed by atoms with Crippen LogP contribution in [0.4, 0.5) is 4.39 Å². The highest BCUT2D eigenvalue weighted by atomic mass is 19.1. The Morgan fingerprint density at radius 2 is 1.61 bits per heavy atom. The third kappa shape index (κ3) is 4.32. The molecule has 0 radical (unpaired) electrons. The summed E-state index contributed by atoms with van der Waals surface area (Å²) in [7, 11) is 0. The first-order valence-electron chi connectivity index (χ1n) is 8.60. The Morgan fingerprint density at radius 3 is 2.29 bits per heavy atom. The molecule has 0 unspecified atom stereocenters. The molecule has 0 aliphatic carbocycles. The molecule has 0 aliphatic rings. The van der Waals surface area contributed by atoms with E-state index in [9.17, 15) is 14.0 Å². The minimum Gasteiger partial charge on any atom is -0.267 e. The van der Waals surface area contributed by atoms with Gasteiger partial charge in [0.2, 0.25) is 0 Å². The lowest BCUT2D eigenvalue weighted by Gasteiger charge is -2.11. The molecular weight excluding hydrogens is 359 g/mol. The maximum Gasteiger partial charge on any atom is 0.271 e. The quantitative estimate of drug-likeness (QED) is 0.527. The lowest BCUT2D eigenvalue weighted by Crippen LogP contribution is -2.24. The molecule has 0 saturated carbocycles. The molecule has 142 valence electrons. The fourth-order valence-electron chi connectivity index (χ4n) is 2.67. The third-order valence-electron chi connectivity index (χ3n) is 4.20. The molecule has 3 rings (SSSR count). The molecule has 0 spiro atoms. The molecule has 0 fully saturated rings. The zero-order valence-corrected chi connectivity index (χ0v) is 15.4. The predicted molar refractivity (Wildman–Crippen MR) is 105 cm³/mol. The molecular formula is C21H19FN4O2. The van der Waals surface area contributed by atoms with Crippen LogP contribution in [0.1, 0.15) is 37.7 Å². The summed E-state index contributed by atoms with van der Waals surface area (Å²) in [6, 6.07) is 15.9. The second-order valence-corrected chi connectivity index (χ2v) is 6.17. The van der Waals surface area contributed by atoms with Gasteiger partial charge in [0, 0.05) is 28.1 Å². The van der Waals surface area contributed by atoms with Crippen LogP contribution in [0.2, 0.25) is 0 Å². The molecule has 0 aliphatic heterocycles. The van der Waals surface area contributed by atoms with Crippen LogP contribution < -0.4 is 10.9 Å². The summed E-state index contributed by atoms with van der Waals surface area (Å²) in [6.45, 7) is 3.69. The molecule has 0 atom stereocenters. The number of nitrogens with one attached hydrogen (secondary N) is 2. The van der Waals surface area contributed by atoms with Crippen molar-refractivity contribution in [2.24, 2.45) is 5.10 Å². The van der Waals surface area contributed by atoms with E-state index >= 15 is 0 Å². The second kappa shape index (κ2) is 8.30. The van der Waals surface area contributed by atoms with Crippen LogP contribution in [0, 0.1) is 19.7 Å². The monoisotopic (exact) mass is 378 g/mol. The smallest absolute Gasteiger partial charge is 0.267 e. The van der Waals surface area contributed by atoms with Crippen LogP contribution in [-0.4, -0.2) is 22.7 Å². The van der Waals surface area contributed by atoms with Crippen molar-refractivity contribution in [3.63, 3.8) is 0 Å². The van der Waals surface area contributed by atoms with Gasteiger partial charge < -0.3 is 0 Å². The first-order chi connectivity index (χ1) is 13.5. The van der Waals surface area contributed by atoms with E-state index in [-0.39, 0.29) is 5.91 Å². The van der Waals surface area contributed by atoms with Crippen LogP contribution >= 0.6 is 0 Å². The molecule has 2 aromatic carbocycles. The van der Waals surface area contributed by atoms with Crippen LogP contribution in [0.15, 0.2) is 65.8 Å². The zero-order chi connectivity index (χ0) is 20.1. The van der Waals surface area contributed by atoms with E-state index in [1.807, 2.05) is 26.0 Å². The van der Waals surface area contributed by atoms with Crippen molar-refractivity contribution in [2.75, 3.05) is 5.43 Å². The highest BCUT2D eigenvalue weighted by molar-refractivity contribution is 6.00. The van der Waals surface area contributed by atoms with Crippen molar-refractivity contribution >= 4 is 18.0 Å². The Bertz CT molecular complexity index is 1020. The summed E-state index contributed by atoms with van der Waals surface area (Å²) in [5.41, 5.74) is 8.42. The Hall–Kier alpha value is -3.74. The molecule has 0 saturated heterocycles. The predicted octanol–water partition coefficient (Wildman–Crippen LogP) is 3.39. The topological polar surface area (TPSA) is 75.5 Å². The average molecular weight is 378 g/mol. The van der Waals surface area contributed by atoms with Gasteiger partial charge >= 0.3 is 0 Å². The number of hydrogen-bond donors (Lipinski definition) is 2. The summed E-state index contributed by atoms with van der Waals surface area (Å²) in [4.78, 5) is 24.4.